The van der Waals surface area contributed by atoms with Crippen LogP contribution in [0, 0.1) is 6.92 Å². The molecule has 0 aromatic heterocycles. The van der Waals surface area contributed by atoms with Gasteiger partial charge in [-0.15, -0.1) is 13.2 Å². The summed E-state index contributed by atoms with van der Waals surface area (Å²) in [5.74, 6) is 0.274. The molecule has 200 valence electrons. The summed E-state index contributed by atoms with van der Waals surface area (Å²) in [6, 6.07) is 17.0. The van der Waals surface area contributed by atoms with Crippen LogP contribution in [0.2, 0.25) is 0 Å². The molecule has 0 aliphatic carbocycles. The van der Waals surface area contributed by atoms with E-state index in [1.165, 1.54) is 31.4 Å². The van der Waals surface area contributed by atoms with Crippen molar-refractivity contribution in [2.75, 3.05) is 35.7 Å². The molecule has 2 N–H and O–H groups in total. The second kappa shape index (κ2) is 11.3. The van der Waals surface area contributed by atoms with Crippen LogP contribution in [0.15, 0.2) is 66.7 Å². The van der Waals surface area contributed by atoms with Gasteiger partial charge in [-0.3, -0.25) is 4.90 Å². The molecule has 0 spiro atoms. The molecule has 0 bridgehead atoms. The summed E-state index contributed by atoms with van der Waals surface area (Å²) in [6.07, 6.45) is -4.10. The minimum atomic E-state index is -4.77. The number of benzene rings is 3. The topological polar surface area (TPSA) is 83.1 Å². The number of hydrogen-bond donors (Lipinski definition) is 2. The van der Waals surface area contributed by atoms with E-state index in [0.717, 1.165) is 5.56 Å². The number of anilines is 3. The molecular weight excluding hydrogens is 501 g/mol. The Hall–Kier alpha value is -4.41. The van der Waals surface area contributed by atoms with Gasteiger partial charge in [-0.05, 0) is 60.9 Å². The highest BCUT2D eigenvalue weighted by Gasteiger charge is 2.31. The zero-order chi connectivity index (χ0) is 27.3. The third-order valence-electron chi connectivity index (χ3n) is 5.86. The summed E-state index contributed by atoms with van der Waals surface area (Å²) < 4.78 is 46.4. The Morgan fingerprint density at radius 2 is 1.74 bits per heavy atom. The van der Waals surface area contributed by atoms with Crippen molar-refractivity contribution in [3.05, 3.63) is 77.9 Å². The maximum absolute atomic E-state index is 13.4. The lowest BCUT2D eigenvalue weighted by molar-refractivity contribution is -0.274. The number of amides is 4. The molecule has 38 heavy (non-hydrogen) atoms. The molecule has 4 amide bonds. The van der Waals surface area contributed by atoms with Crippen LogP contribution < -0.4 is 25.0 Å². The first kappa shape index (κ1) is 26.6. The summed E-state index contributed by atoms with van der Waals surface area (Å²) in [4.78, 5) is 29.4. The molecule has 3 aromatic carbocycles. The molecule has 0 unspecified atom stereocenters. The van der Waals surface area contributed by atoms with Gasteiger partial charge in [0, 0.05) is 31.4 Å². The molecule has 1 saturated heterocycles. The fraction of sp³-hybridized carbons (Fsp3) is 0.259. The smallest absolute Gasteiger partial charge is 0.497 e. The lowest BCUT2D eigenvalue weighted by atomic mass is 10.1. The number of nitrogens with zero attached hydrogens (tertiary/aromatic N) is 2. The summed E-state index contributed by atoms with van der Waals surface area (Å²) in [5.41, 5.74) is 3.11. The van der Waals surface area contributed by atoms with E-state index in [1.54, 1.807) is 46.2 Å². The molecule has 4 rings (SSSR count). The highest BCUT2D eigenvalue weighted by atomic mass is 19.4. The third-order valence-corrected chi connectivity index (χ3v) is 5.86. The van der Waals surface area contributed by atoms with Gasteiger partial charge >= 0.3 is 18.4 Å². The van der Waals surface area contributed by atoms with Crippen molar-refractivity contribution in [1.29, 1.82) is 0 Å². The Morgan fingerprint density at radius 3 is 2.45 bits per heavy atom. The monoisotopic (exact) mass is 528 g/mol. The van der Waals surface area contributed by atoms with Gasteiger partial charge < -0.3 is 25.0 Å². The second-order valence-electron chi connectivity index (χ2n) is 8.73. The van der Waals surface area contributed by atoms with Crippen molar-refractivity contribution in [2.45, 2.75) is 26.3 Å². The number of aryl methyl sites for hydroxylation is 1. The quantitative estimate of drug-likeness (QED) is 0.373. The van der Waals surface area contributed by atoms with Gasteiger partial charge in [0.15, 0.2) is 0 Å². The summed E-state index contributed by atoms with van der Waals surface area (Å²) in [5, 5.41) is 5.60. The normalized spacial score (nSPS) is 13.8. The molecule has 1 aliphatic rings. The largest absolute Gasteiger partial charge is 0.573 e. The molecule has 0 radical (unpaired) electrons. The van der Waals surface area contributed by atoms with E-state index in [0.29, 0.717) is 47.9 Å². The van der Waals surface area contributed by atoms with Crippen molar-refractivity contribution in [3.63, 3.8) is 0 Å². The molecule has 11 heteroatoms. The molecule has 1 heterocycles. The molecule has 1 fully saturated rings. The molecule has 3 aromatic rings. The first-order chi connectivity index (χ1) is 18.1. The van der Waals surface area contributed by atoms with Crippen molar-refractivity contribution in [1.82, 2.24) is 4.90 Å². The number of ether oxygens (including phenoxy) is 2. The SMILES string of the molecule is COc1cccc(NC(=O)Nc2cc(C)ccc2N2CCCN(Cc3ccc(OC(F)(F)F)cc3)C2=O)c1. The van der Waals surface area contributed by atoms with Crippen molar-refractivity contribution >= 4 is 29.1 Å². The highest BCUT2D eigenvalue weighted by molar-refractivity contribution is 6.04. The maximum Gasteiger partial charge on any atom is 0.573 e. The summed E-state index contributed by atoms with van der Waals surface area (Å²) in [6.45, 7) is 3.03. The van der Waals surface area contributed by atoms with Gasteiger partial charge in [0.1, 0.15) is 11.5 Å². The number of urea groups is 2. The Balaban J connectivity index is 1.47. The number of carbonyl (C=O) groups excluding carboxylic acids is 2. The van der Waals surface area contributed by atoms with E-state index in [2.05, 4.69) is 15.4 Å². The average molecular weight is 529 g/mol. The lowest BCUT2D eigenvalue weighted by Crippen LogP contribution is -2.49. The number of halogens is 3. The standard InChI is InChI=1S/C27H27F3N4O4/c1-18-7-12-24(23(15-18)32-25(35)31-20-5-3-6-22(16-20)37-2)34-14-4-13-33(26(34)36)17-19-8-10-21(11-9-19)38-27(28,29)30/h3,5-12,15-16H,4,13-14,17H2,1-2H3,(H2,31,32,35). The zero-order valence-electron chi connectivity index (χ0n) is 20.8. The zero-order valence-corrected chi connectivity index (χ0v) is 20.8. The number of alkyl halides is 3. The van der Waals surface area contributed by atoms with E-state index < -0.39 is 12.4 Å². The Kier molecular flexibility index (Phi) is 7.94. The van der Waals surface area contributed by atoms with E-state index in [4.69, 9.17) is 4.74 Å². The Bertz CT molecular complexity index is 1300. The summed E-state index contributed by atoms with van der Waals surface area (Å²) in [7, 11) is 1.54. The fourth-order valence-corrected chi connectivity index (χ4v) is 4.14. The maximum atomic E-state index is 13.4. The molecule has 1 aliphatic heterocycles. The van der Waals surface area contributed by atoms with Gasteiger partial charge in [-0.2, -0.15) is 0 Å². The number of rotatable bonds is 7. The predicted octanol–water partition coefficient (Wildman–Crippen LogP) is 6.38. The van der Waals surface area contributed by atoms with E-state index in [1.807, 2.05) is 13.0 Å². The van der Waals surface area contributed by atoms with Gasteiger partial charge in [0.05, 0.1) is 18.5 Å². The van der Waals surface area contributed by atoms with Crippen LogP contribution in [-0.4, -0.2) is 43.5 Å². The Morgan fingerprint density at radius 1 is 0.974 bits per heavy atom. The highest BCUT2D eigenvalue weighted by Crippen LogP contribution is 2.31. The number of carbonyl (C=O) groups is 2. The molecule has 0 saturated carbocycles. The average Bonchev–Trinajstić information content (AvgIpc) is 2.86. The number of nitrogens with one attached hydrogen (secondary N) is 2. The minimum Gasteiger partial charge on any atom is -0.497 e. The van der Waals surface area contributed by atoms with Gasteiger partial charge in [-0.1, -0.05) is 24.3 Å². The predicted molar refractivity (Wildman–Crippen MR) is 138 cm³/mol. The minimum absolute atomic E-state index is 0.215. The van der Waals surface area contributed by atoms with Gasteiger partial charge in [-0.25, -0.2) is 9.59 Å². The fourth-order valence-electron chi connectivity index (χ4n) is 4.14. The molecule has 8 nitrogen and oxygen atoms in total. The molecule has 0 atom stereocenters. The van der Waals surface area contributed by atoms with Crippen LogP contribution in [0.1, 0.15) is 17.5 Å². The number of methoxy groups -OCH3 is 1. The van der Waals surface area contributed by atoms with Crippen LogP contribution in [0.4, 0.5) is 39.8 Å². The van der Waals surface area contributed by atoms with E-state index >= 15 is 0 Å². The number of hydrogen-bond acceptors (Lipinski definition) is 4. The first-order valence-corrected chi connectivity index (χ1v) is 11.8. The van der Waals surface area contributed by atoms with Crippen molar-refractivity contribution in [2.24, 2.45) is 0 Å². The first-order valence-electron chi connectivity index (χ1n) is 11.8. The van der Waals surface area contributed by atoms with Crippen LogP contribution in [0.5, 0.6) is 11.5 Å². The second-order valence-corrected chi connectivity index (χ2v) is 8.73. The van der Waals surface area contributed by atoms with Gasteiger partial charge in [0.2, 0.25) is 0 Å². The third kappa shape index (κ3) is 6.87. The summed E-state index contributed by atoms with van der Waals surface area (Å²) >= 11 is 0. The van der Waals surface area contributed by atoms with Crippen LogP contribution in [0.25, 0.3) is 0 Å². The lowest BCUT2D eigenvalue weighted by Gasteiger charge is -2.36. The van der Waals surface area contributed by atoms with Crippen LogP contribution in [-0.2, 0) is 6.54 Å². The Labute approximate surface area is 217 Å². The van der Waals surface area contributed by atoms with Gasteiger partial charge in [0.25, 0.3) is 0 Å². The molecular formula is C27H27F3N4O4. The van der Waals surface area contributed by atoms with Crippen LogP contribution in [0.3, 0.4) is 0 Å². The van der Waals surface area contributed by atoms with Crippen molar-refractivity contribution in [3.8, 4) is 11.5 Å². The van der Waals surface area contributed by atoms with Crippen LogP contribution >= 0.6 is 0 Å². The van der Waals surface area contributed by atoms with E-state index in [9.17, 15) is 22.8 Å². The van der Waals surface area contributed by atoms with Crippen molar-refractivity contribution < 1.29 is 32.2 Å². The van der Waals surface area contributed by atoms with E-state index in [-0.39, 0.29) is 18.3 Å².